The Kier molecular flexibility index (Phi) is 3.29. The molecule has 0 spiro atoms. The van der Waals surface area contributed by atoms with E-state index in [1.165, 1.54) is 0 Å². The van der Waals surface area contributed by atoms with Gasteiger partial charge in [0.05, 0.1) is 5.71 Å². The molecule has 0 radical (unpaired) electrons. The molecule has 0 fully saturated rings. The Hall–Kier alpha value is -2.15. The summed E-state index contributed by atoms with van der Waals surface area (Å²) in [5.41, 5.74) is 2.59. The first kappa shape index (κ1) is 10.4. The summed E-state index contributed by atoms with van der Waals surface area (Å²) in [5, 5.41) is 7.89. The number of benzene rings is 2. The van der Waals surface area contributed by atoms with Crippen LogP contribution in [0.1, 0.15) is 11.1 Å². The molecule has 2 rings (SSSR count). The Bertz CT molecular complexity index is 483. The quantitative estimate of drug-likeness (QED) is 0.741. The first-order valence-electron chi connectivity index (χ1n) is 5.23. The first-order chi connectivity index (χ1) is 7.86. The zero-order valence-corrected chi connectivity index (χ0v) is 8.93. The van der Waals surface area contributed by atoms with Crippen LogP contribution in [0.25, 0.3) is 6.08 Å². The van der Waals surface area contributed by atoms with Gasteiger partial charge < -0.3 is 5.41 Å². The fourth-order valence-corrected chi connectivity index (χ4v) is 1.46. The molecule has 0 saturated carbocycles. The monoisotopic (exact) mass is 207 g/mol. The maximum atomic E-state index is 7.89. The van der Waals surface area contributed by atoms with Crippen molar-refractivity contribution in [2.45, 2.75) is 0 Å². The van der Waals surface area contributed by atoms with Crippen molar-refractivity contribution in [3.8, 4) is 0 Å². The average Bonchev–Trinajstić information content (AvgIpc) is 2.38. The summed E-state index contributed by atoms with van der Waals surface area (Å²) in [7, 11) is 0. The Morgan fingerprint density at radius 3 is 2.00 bits per heavy atom. The third-order valence-electron chi connectivity index (χ3n) is 2.33. The molecule has 0 aromatic heterocycles. The van der Waals surface area contributed by atoms with Gasteiger partial charge in [0.2, 0.25) is 0 Å². The van der Waals surface area contributed by atoms with E-state index in [0.29, 0.717) is 5.71 Å². The van der Waals surface area contributed by atoms with Crippen LogP contribution in [0, 0.1) is 5.41 Å². The molecule has 1 heteroatoms. The van der Waals surface area contributed by atoms with Gasteiger partial charge >= 0.3 is 0 Å². The van der Waals surface area contributed by atoms with E-state index < -0.39 is 0 Å². The van der Waals surface area contributed by atoms with Gasteiger partial charge in [-0.2, -0.15) is 0 Å². The average molecular weight is 207 g/mol. The number of nitrogens with one attached hydrogen (secondary N) is 1. The van der Waals surface area contributed by atoms with Gasteiger partial charge in [-0.25, -0.2) is 0 Å². The van der Waals surface area contributed by atoms with Crippen molar-refractivity contribution in [3.05, 3.63) is 77.9 Å². The molecule has 16 heavy (non-hydrogen) atoms. The summed E-state index contributed by atoms with van der Waals surface area (Å²) >= 11 is 0. The third-order valence-corrected chi connectivity index (χ3v) is 2.33. The van der Waals surface area contributed by atoms with Crippen molar-refractivity contribution in [2.24, 2.45) is 0 Å². The Balaban J connectivity index is 2.12. The van der Waals surface area contributed by atoms with Crippen molar-refractivity contribution in [3.63, 3.8) is 0 Å². The third kappa shape index (κ3) is 2.67. The molecule has 1 nitrogen and oxygen atoms in total. The maximum absolute atomic E-state index is 7.89. The SMILES string of the molecule is N=C(/C=C/c1ccccc1)c1ccccc1. The van der Waals surface area contributed by atoms with E-state index in [1.54, 1.807) is 0 Å². The predicted molar refractivity (Wildman–Crippen MR) is 68.7 cm³/mol. The van der Waals surface area contributed by atoms with Crippen molar-refractivity contribution >= 4 is 11.8 Å². The summed E-state index contributed by atoms with van der Waals surface area (Å²) in [6.45, 7) is 0. The number of hydrogen-bond donors (Lipinski definition) is 1. The fraction of sp³-hybridized carbons (Fsp3) is 0. The normalized spacial score (nSPS) is 10.5. The molecular weight excluding hydrogens is 194 g/mol. The van der Waals surface area contributed by atoms with E-state index in [4.69, 9.17) is 5.41 Å². The molecule has 1 N–H and O–H groups in total. The number of rotatable bonds is 3. The van der Waals surface area contributed by atoms with Crippen molar-refractivity contribution in [1.29, 1.82) is 5.41 Å². The number of hydrogen-bond acceptors (Lipinski definition) is 1. The highest BCUT2D eigenvalue weighted by Crippen LogP contribution is 2.05. The Labute approximate surface area is 95.6 Å². The van der Waals surface area contributed by atoms with Gasteiger partial charge in [-0.1, -0.05) is 66.7 Å². The Morgan fingerprint density at radius 1 is 0.812 bits per heavy atom. The smallest absolute Gasteiger partial charge is 0.0612 e. The van der Waals surface area contributed by atoms with Crippen LogP contribution >= 0.6 is 0 Å². The molecule has 0 bridgehead atoms. The van der Waals surface area contributed by atoms with E-state index in [1.807, 2.05) is 72.8 Å². The molecule has 0 atom stereocenters. The molecule has 0 aliphatic heterocycles. The minimum Gasteiger partial charge on any atom is -0.300 e. The van der Waals surface area contributed by atoms with Crippen molar-refractivity contribution in [2.75, 3.05) is 0 Å². The summed E-state index contributed by atoms with van der Waals surface area (Å²) in [4.78, 5) is 0. The van der Waals surface area contributed by atoms with Gasteiger partial charge in [0.25, 0.3) is 0 Å². The Morgan fingerprint density at radius 2 is 1.38 bits per heavy atom. The van der Waals surface area contributed by atoms with Crippen molar-refractivity contribution < 1.29 is 0 Å². The lowest BCUT2D eigenvalue weighted by molar-refractivity contribution is 1.49. The topological polar surface area (TPSA) is 23.9 Å². The van der Waals surface area contributed by atoms with Gasteiger partial charge in [0, 0.05) is 0 Å². The molecule has 0 unspecified atom stereocenters. The lowest BCUT2D eigenvalue weighted by Crippen LogP contribution is -1.92. The standard InChI is InChI=1S/C15H13N/c16-15(14-9-5-2-6-10-14)12-11-13-7-3-1-4-8-13/h1-12,16H/b12-11+,16-15?. The van der Waals surface area contributed by atoms with Crippen LogP contribution in [0.2, 0.25) is 0 Å². The molecule has 2 aromatic carbocycles. The molecular formula is C15H13N. The molecule has 78 valence electrons. The van der Waals surface area contributed by atoms with Gasteiger partial charge in [0.1, 0.15) is 0 Å². The molecule has 0 saturated heterocycles. The van der Waals surface area contributed by atoms with Crippen LogP contribution in [0.15, 0.2) is 66.7 Å². The van der Waals surface area contributed by atoms with Crippen LogP contribution in [-0.4, -0.2) is 5.71 Å². The lowest BCUT2D eigenvalue weighted by atomic mass is 10.1. The number of allylic oxidation sites excluding steroid dienone is 1. The zero-order valence-electron chi connectivity index (χ0n) is 8.93. The highest BCUT2D eigenvalue weighted by Gasteiger charge is 1.94. The highest BCUT2D eigenvalue weighted by atomic mass is 14.4. The second-order valence-electron chi connectivity index (χ2n) is 3.52. The highest BCUT2D eigenvalue weighted by molar-refractivity contribution is 6.08. The summed E-state index contributed by atoms with van der Waals surface area (Å²) in [6.07, 6.45) is 3.78. The first-order valence-corrected chi connectivity index (χ1v) is 5.23. The van der Waals surface area contributed by atoms with Gasteiger partial charge in [-0.3, -0.25) is 0 Å². The van der Waals surface area contributed by atoms with E-state index in [-0.39, 0.29) is 0 Å². The van der Waals surface area contributed by atoms with E-state index >= 15 is 0 Å². The second-order valence-corrected chi connectivity index (χ2v) is 3.52. The molecule has 0 amide bonds. The van der Waals surface area contributed by atoms with Gasteiger partial charge in [0.15, 0.2) is 0 Å². The van der Waals surface area contributed by atoms with Gasteiger partial charge in [-0.05, 0) is 17.2 Å². The molecule has 0 aliphatic rings. The molecule has 0 aliphatic carbocycles. The lowest BCUT2D eigenvalue weighted by Gasteiger charge is -1.97. The zero-order chi connectivity index (χ0) is 11.2. The van der Waals surface area contributed by atoms with Crippen LogP contribution in [-0.2, 0) is 0 Å². The van der Waals surface area contributed by atoms with E-state index in [0.717, 1.165) is 11.1 Å². The van der Waals surface area contributed by atoms with Crippen molar-refractivity contribution in [1.82, 2.24) is 0 Å². The van der Waals surface area contributed by atoms with Gasteiger partial charge in [-0.15, -0.1) is 0 Å². The summed E-state index contributed by atoms with van der Waals surface area (Å²) < 4.78 is 0. The van der Waals surface area contributed by atoms with Crippen LogP contribution in [0.3, 0.4) is 0 Å². The predicted octanol–water partition coefficient (Wildman–Crippen LogP) is 3.77. The minimum absolute atomic E-state index is 0.532. The maximum Gasteiger partial charge on any atom is 0.0612 e. The van der Waals surface area contributed by atoms with Crippen LogP contribution < -0.4 is 0 Å². The minimum atomic E-state index is 0.532. The van der Waals surface area contributed by atoms with Crippen LogP contribution in [0.4, 0.5) is 0 Å². The summed E-state index contributed by atoms with van der Waals surface area (Å²) in [6, 6.07) is 19.7. The molecule has 0 heterocycles. The molecule has 2 aromatic rings. The van der Waals surface area contributed by atoms with E-state index in [9.17, 15) is 0 Å². The van der Waals surface area contributed by atoms with E-state index in [2.05, 4.69) is 0 Å². The largest absolute Gasteiger partial charge is 0.300 e. The fourth-order valence-electron chi connectivity index (χ4n) is 1.46. The second kappa shape index (κ2) is 5.08. The summed E-state index contributed by atoms with van der Waals surface area (Å²) in [5.74, 6) is 0. The van der Waals surface area contributed by atoms with Crippen LogP contribution in [0.5, 0.6) is 0 Å².